The van der Waals surface area contributed by atoms with E-state index in [-0.39, 0.29) is 25.7 Å². The highest BCUT2D eigenvalue weighted by Crippen LogP contribution is 2.57. The van der Waals surface area contributed by atoms with Gasteiger partial charge in [0.2, 0.25) is 17.6 Å². The third kappa shape index (κ3) is 5.66. The summed E-state index contributed by atoms with van der Waals surface area (Å²) < 4.78 is 21.1. The van der Waals surface area contributed by atoms with Gasteiger partial charge in [0.05, 0.1) is 25.7 Å². The summed E-state index contributed by atoms with van der Waals surface area (Å²) in [7, 11) is 0. The maximum Gasteiger partial charge on any atom is 0.322 e. The van der Waals surface area contributed by atoms with Gasteiger partial charge in [-0.2, -0.15) is 0 Å². The van der Waals surface area contributed by atoms with E-state index in [0.29, 0.717) is 12.2 Å². The van der Waals surface area contributed by atoms with Crippen LogP contribution in [0.4, 0.5) is 0 Å². The van der Waals surface area contributed by atoms with E-state index in [1.165, 1.54) is 0 Å². The van der Waals surface area contributed by atoms with E-state index in [2.05, 4.69) is 31.9 Å². The van der Waals surface area contributed by atoms with Crippen molar-refractivity contribution in [3.8, 4) is 5.75 Å². The van der Waals surface area contributed by atoms with Crippen molar-refractivity contribution in [3.05, 3.63) is 42.0 Å². The number of ether oxygens (including phenoxy) is 4. The van der Waals surface area contributed by atoms with Crippen molar-refractivity contribution in [1.29, 1.82) is 0 Å². The van der Waals surface area contributed by atoms with Gasteiger partial charge in [0.15, 0.2) is 0 Å². The number of likely N-dealkylation sites (tertiary alicyclic amines) is 1. The topological polar surface area (TPSA) is 129 Å². The van der Waals surface area contributed by atoms with Crippen LogP contribution in [0.25, 0.3) is 0 Å². The number of fused-ring (bicyclic) bond motifs is 5. The van der Waals surface area contributed by atoms with Gasteiger partial charge in [-0.1, -0.05) is 44.0 Å². The number of rotatable bonds is 11. The molecule has 0 radical (unpaired) electrons. The molecule has 39 heavy (non-hydrogen) atoms. The van der Waals surface area contributed by atoms with Crippen LogP contribution in [0.2, 0.25) is 0 Å². The summed E-state index contributed by atoms with van der Waals surface area (Å²) >= 11 is 6.48. The molecule has 2 saturated heterocycles. The molecule has 2 amide bonds. The maximum absolute atomic E-state index is 13.4. The van der Waals surface area contributed by atoms with Crippen LogP contribution in [0, 0.1) is 11.8 Å². The van der Waals surface area contributed by atoms with Gasteiger partial charge in [0.1, 0.15) is 32.5 Å². The third-order valence-corrected chi connectivity index (χ3v) is 7.54. The lowest BCUT2D eigenvalue weighted by molar-refractivity contribution is -0.182. The number of carbonyl (C=O) groups is 4. The lowest BCUT2D eigenvalue weighted by Gasteiger charge is -2.30. The molecule has 1 aromatic carbocycles. The number of nitrogens with zero attached hydrogens (tertiary/aromatic N) is 1. The summed E-state index contributed by atoms with van der Waals surface area (Å²) in [5, 5.41) is 10.2. The van der Waals surface area contributed by atoms with Crippen LogP contribution in [0.3, 0.4) is 0 Å². The van der Waals surface area contributed by atoms with Crippen LogP contribution in [0.5, 0.6) is 5.75 Å². The second-order valence-corrected chi connectivity index (χ2v) is 14.7. The predicted molar refractivity (Wildman–Crippen MR) is 145 cm³/mol. The highest BCUT2D eigenvalue weighted by Gasteiger charge is 2.75. The first kappa shape index (κ1) is 29.7. The molecule has 0 aromatic heterocycles. The summed E-state index contributed by atoms with van der Waals surface area (Å²) in [6.07, 6.45) is 3.64. The third-order valence-electron chi connectivity index (χ3n) is 6.90. The van der Waals surface area contributed by atoms with Crippen LogP contribution in [-0.2, 0) is 39.8 Å². The summed E-state index contributed by atoms with van der Waals surface area (Å²) in [6, 6.07) is 7.00. The van der Waals surface area contributed by atoms with Crippen molar-refractivity contribution < 1.29 is 43.2 Å². The molecule has 3 aliphatic rings. The number of halogens is 2. The van der Waals surface area contributed by atoms with Crippen molar-refractivity contribution in [2.75, 3.05) is 26.4 Å². The highest BCUT2D eigenvalue weighted by atomic mass is 79.9. The van der Waals surface area contributed by atoms with Gasteiger partial charge in [0.25, 0.3) is 0 Å². The molecule has 10 nitrogen and oxygen atoms in total. The number of imide groups is 1. The first-order chi connectivity index (χ1) is 18.1. The number of carbonyl (C=O) groups excluding carboxylic acids is 4. The lowest BCUT2D eigenvalue weighted by Crippen LogP contribution is -2.46. The molecule has 2 fully saturated rings. The molecule has 0 spiro atoms. The Bertz CT molecular complexity index is 1190. The number of amides is 2. The molecule has 1 N–H and O–H groups in total. The quantitative estimate of drug-likeness (QED) is 0.163. The Morgan fingerprint density at radius 3 is 2.08 bits per heavy atom. The number of hydrogen-bond acceptors (Lipinski definition) is 9. The first-order valence-electron chi connectivity index (χ1n) is 12.5. The van der Waals surface area contributed by atoms with E-state index in [1.807, 2.05) is 0 Å². The molecule has 3 aliphatic heterocycles. The molecule has 2 bridgehead atoms. The zero-order valence-corrected chi connectivity index (χ0v) is 25.2. The highest BCUT2D eigenvalue weighted by molar-refractivity contribution is 9.10. The molecule has 4 atom stereocenters. The second-order valence-electron chi connectivity index (χ2n) is 10.8. The largest absolute Gasteiger partial charge is 0.464 e. The minimum atomic E-state index is -1.58. The Kier molecular flexibility index (Phi) is 8.08. The lowest BCUT2D eigenvalue weighted by atomic mass is 9.76. The van der Waals surface area contributed by atoms with Crippen molar-refractivity contribution in [2.24, 2.45) is 11.8 Å². The van der Waals surface area contributed by atoms with Crippen LogP contribution >= 0.6 is 31.9 Å². The SMILES string of the molecule is CC(C)(Br)C(=O)OCCc1ccc(O[C@]23C=C[C@](CO)(O2)[C@H]2C(=O)N(CCOC(=O)C(C)(C)Br)C(=O)[C@H]23)cc1. The molecule has 3 heterocycles. The second kappa shape index (κ2) is 10.6. The van der Waals surface area contributed by atoms with Gasteiger partial charge in [-0.25, -0.2) is 0 Å². The fourth-order valence-electron chi connectivity index (χ4n) is 4.85. The van der Waals surface area contributed by atoms with Crippen molar-refractivity contribution in [1.82, 2.24) is 4.90 Å². The van der Waals surface area contributed by atoms with Crippen molar-refractivity contribution in [3.63, 3.8) is 0 Å². The van der Waals surface area contributed by atoms with Gasteiger partial charge in [-0.15, -0.1) is 0 Å². The fraction of sp³-hybridized carbons (Fsp3) is 0.556. The van der Waals surface area contributed by atoms with E-state index in [1.54, 1.807) is 64.1 Å². The average molecular weight is 673 g/mol. The van der Waals surface area contributed by atoms with E-state index in [4.69, 9.17) is 18.9 Å². The van der Waals surface area contributed by atoms with Crippen LogP contribution in [-0.4, -0.2) is 80.2 Å². The van der Waals surface area contributed by atoms with Gasteiger partial charge < -0.3 is 24.1 Å². The molecular weight excluding hydrogens is 642 g/mol. The maximum atomic E-state index is 13.4. The molecule has 0 saturated carbocycles. The van der Waals surface area contributed by atoms with Gasteiger partial charge in [-0.3, -0.25) is 24.1 Å². The molecule has 1 aromatic rings. The zero-order chi connectivity index (χ0) is 28.8. The Morgan fingerprint density at radius 1 is 0.949 bits per heavy atom. The van der Waals surface area contributed by atoms with E-state index in [0.717, 1.165) is 10.5 Å². The Balaban J connectivity index is 1.44. The van der Waals surface area contributed by atoms with Gasteiger partial charge >= 0.3 is 11.9 Å². The number of aliphatic hydroxyl groups is 1. The van der Waals surface area contributed by atoms with Gasteiger partial charge in [-0.05, 0) is 57.5 Å². The standard InChI is InChI=1S/C27H31Br2NO9/c1-24(2,28)22(34)36-13-9-16-5-7-17(8-6-16)38-27-11-10-26(15-31,39-27)18-19(27)21(33)30(20(18)32)12-14-37-23(35)25(3,4)29/h5-8,10-11,18-19,31H,9,12-15H2,1-4H3/t18-,19+,26-,27-/m1/s1. The van der Waals surface area contributed by atoms with Crippen molar-refractivity contribution in [2.45, 2.75) is 54.2 Å². The van der Waals surface area contributed by atoms with E-state index in [9.17, 15) is 24.3 Å². The summed E-state index contributed by atoms with van der Waals surface area (Å²) in [6.45, 7) is 6.09. The van der Waals surface area contributed by atoms with Crippen LogP contribution in [0.15, 0.2) is 36.4 Å². The molecular formula is C27H31Br2NO9. The number of esters is 2. The predicted octanol–water partition coefficient (Wildman–Crippen LogP) is 2.67. The molecule has 4 rings (SSSR count). The normalized spacial score (nSPS) is 27.6. The van der Waals surface area contributed by atoms with Crippen molar-refractivity contribution >= 4 is 55.6 Å². The van der Waals surface area contributed by atoms with E-state index >= 15 is 0 Å². The monoisotopic (exact) mass is 671 g/mol. The number of benzene rings is 1. The van der Waals surface area contributed by atoms with Gasteiger partial charge in [0, 0.05) is 6.42 Å². The first-order valence-corrected chi connectivity index (χ1v) is 14.1. The minimum absolute atomic E-state index is 0.122. The molecule has 0 aliphatic carbocycles. The summed E-state index contributed by atoms with van der Waals surface area (Å²) in [4.78, 5) is 51.8. The fourth-order valence-corrected chi connectivity index (χ4v) is 5.08. The average Bonchev–Trinajstić information content (AvgIpc) is 3.46. The van der Waals surface area contributed by atoms with Crippen LogP contribution in [0.1, 0.15) is 33.3 Å². The number of aliphatic hydroxyl groups excluding tert-OH is 1. The zero-order valence-electron chi connectivity index (χ0n) is 22.1. The Morgan fingerprint density at radius 2 is 1.51 bits per heavy atom. The molecule has 212 valence electrons. The smallest absolute Gasteiger partial charge is 0.322 e. The Labute approximate surface area is 243 Å². The molecule has 12 heteroatoms. The van der Waals surface area contributed by atoms with E-state index < -0.39 is 56.3 Å². The number of hydrogen-bond donors (Lipinski definition) is 1. The number of alkyl halides is 2. The minimum Gasteiger partial charge on any atom is -0.464 e. The van der Waals surface area contributed by atoms with Crippen LogP contribution < -0.4 is 4.74 Å². The Hall–Kier alpha value is -2.28. The molecule has 0 unspecified atom stereocenters. The summed E-state index contributed by atoms with van der Waals surface area (Å²) in [5.74, 6) is -5.10. The summed E-state index contributed by atoms with van der Waals surface area (Å²) in [5.41, 5.74) is -0.496.